The lowest BCUT2D eigenvalue weighted by Crippen LogP contribution is -2.39. The van der Waals surface area contributed by atoms with E-state index in [1.165, 1.54) is 5.56 Å². The Balaban J connectivity index is 2.03. The Morgan fingerprint density at radius 1 is 1.35 bits per heavy atom. The molecule has 20 heavy (non-hydrogen) atoms. The van der Waals surface area contributed by atoms with Crippen molar-refractivity contribution in [2.45, 2.75) is 44.9 Å². The molecule has 0 amide bonds. The first-order valence-electron chi connectivity index (χ1n) is 7.18. The zero-order valence-corrected chi connectivity index (χ0v) is 14.1. The molecule has 1 aromatic carbocycles. The van der Waals surface area contributed by atoms with Crippen molar-refractivity contribution < 1.29 is 9.47 Å². The van der Waals surface area contributed by atoms with Crippen LogP contribution in [0.3, 0.4) is 0 Å². The molecule has 0 saturated carbocycles. The van der Waals surface area contributed by atoms with Gasteiger partial charge in [0.2, 0.25) is 0 Å². The average Bonchev–Trinajstić information content (AvgIpc) is 2.87. The molecule has 1 heterocycles. The van der Waals surface area contributed by atoms with E-state index in [0.717, 1.165) is 24.0 Å². The van der Waals surface area contributed by atoms with E-state index in [1.54, 1.807) is 0 Å². The molecular weight excluding hydrogens is 318 g/mol. The third-order valence-corrected chi connectivity index (χ3v) is 3.83. The van der Waals surface area contributed by atoms with Crippen LogP contribution in [0.4, 0.5) is 0 Å². The zero-order chi connectivity index (χ0) is 14.6. The fraction of sp³-hybridized carbons (Fsp3) is 0.625. The summed E-state index contributed by atoms with van der Waals surface area (Å²) in [7, 11) is 0. The average molecular weight is 342 g/mol. The van der Waals surface area contributed by atoms with Crippen LogP contribution >= 0.6 is 15.9 Å². The summed E-state index contributed by atoms with van der Waals surface area (Å²) in [5, 5.41) is 3.53. The van der Waals surface area contributed by atoms with Crippen LogP contribution in [0.1, 0.15) is 38.9 Å². The van der Waals surface area contributed by atoms with E-state index in [1.807, 2.05) is 0 Å². The molecule has 1 aromatic rings. The summed E-state index contributed by atoms with van der Waals surface area (Å²) in [6.07, 6.45) is 1.27. The van der Waals surface area contributed by atoms with Crippen LogP contribution in [0.2, 0.25) is 0 Å². The monoisotopic (exact) mass is 341 g/mol. The lowest BCUT2D eigenvalue weighted by molar-refractivity contribution is -0.0188. The molecule has 0 aromatic heterocycles. The van der Waals surface area contributed by atoms with Gasteiger partial charge in [-0.1, -0.05) is 28.1 Å². The van der Waals surface area contributed by atoms with Gasteiger partial charge in [0.1, 0.15) is 0 Å². The standard InChI is InChI=1S/C16H24BrNO2/c1-16(2,3)18-10-15(20-14-8-9-19-11-14)12-4-6-13(17)7-5-12/h4-7,14-15,18H,8-11H2,1-3H3. The highest BCUT2D eigenvalue weighted by molar-refractivity contribution is 9.10. The maximum atomic E-state index is 6.23. The van der Waals surface area contributed by atoms with Gasteiger partial charge in [-0.05, 0) is 44.9 Å². The third kappa shape index (κ3) is 5.17. The van der Waals surface area contributed by atoms with Gasteiger partial charge in [0.15, 0.2) is 0 Å². The molecule has 112 valence electrons. The summed E-state index contributed by atoms with van der Waals surface area (Å²) in [5.41, 5.74) is 1.29. The van der Waals surface area contributed by atoms with Crippen molar-refractivity contribution in [1.82, 2.24) is 5.32 Å². The molecule has 1 aliphatic rings. The summed E-state index contributed by atoms with van der Waals surface area (Å²) < 4.78 is 12.7. The number of benzene rings is 1. The fourth-order valence-electron chi connectivity index (χ4n) is 2.17. The summed E-state index contributed by atoms with van der Waals surface area (Å²) in [6.45, 7) is 8.84. The highest BCUT2D eigenvalue weighted by atomic mass is 79.9. The number of ether oxygens (including phenoxy) is 2. The van der Waals surface area contributed by atoms with Gasteiger partial charge in [0.25, 0.3) is 0 Å². The van der Waals surface area contributed by atoms with Crippen molar-refractivity contribution >= 4 is 15.9 Å². The van der Waals surface area contributed by atoms with E-state index < -0.39 is 0 Å². The summed E-state index contributed by atoms with van der Waals surface area (Å²) in [5.74, 6) is 0. The molecule has 2 unspecified atom stereocenters. The van der Waals surface area contributed by atoms with E-state index in [0.29, 0.717) is 6.61 Å². The Bertz CT molecular complexity index is 407. The van der Waals surface area contributed by atoms with E-state index in [9.17, 15) is 0 Å². The first-order chi connectivity index (χ1) is 9.44. The third-order valence-electron chi connectivity index (χ3n) is 3.30. The molecule has 0 spiro atoms. The second-order valence-corrected chi connectivity index (χ2v) is 7.21. The van der Waals surface area contributed by atoms with Crippen LogP contribution in [0.5, 0.6) is 0 Å². The molecular formula is C16H24BrNO2. The maximum absolute atomic E-state index is 6.23. The van der Waals surface area contributed by atoms with Gasteiger partial charge in [-0.15, -0.1) is 0 Å². The normalized spacial score (nSPS) is 21.1. The van der Waals surface area contributed by atoms with Crippen LogP contribution in [0.15, 0.2) is 28.7 Å². The van der Waals surface area contributed by atoms with E-state index in [2.05, 4.69) is 66.3 Å². The Morgan fingerprint density at radius 2 is 2.05 bits per heavy atom. The first kappa shape index (κ1) is 16.0. The van der Waals surface area contributed by atoms with Crippen LogP contribution < -0.4 is 5.32 Å². The molecule has 1 fully saturated rings. The number of hydrogen-bond acceptors (Lipinski definition) is 3. The van der Waals surface area contributed by atoms with Crippen LogP contribution in [-0.2, 0) is 9.47 Å². The minimum absolute atomic E-state index is 0.0639. The quantitative estimate of drug-likeness (QED) is 0.885. The fourth-order valence-corrected chi connectivity index (χ4v) is 2.44. The van der Waals surface area contributed by atoms with Crippen molar-refractivity contribution in [1.29, 1.82) is 0 Å². The molecule has 0 bridgehead atoms. The predicted molar refractivity (Wildman–Crippen MR) is 84.9 cm³/mol. The first-order valence-corrected chi connectivity index (χ1v) is 7.97. The Kier molecular flexibility index (Phi) is 5.61. The van der Waals surface area contributed by atoms with Crippen LogP contribution in [0, 0.1) is 0 Å². The molecule has 1 saturated heterocycles. The van der Waals surface area contributed by atoms with Crippen LogP contribution in [-0.4, -0.2) is 31.4 Å². The van der Waals surface area contributed by atoms with Gasteiger partial charge in [-0.25, -0.2) is 0 Å². The number of halogens is 1. The summed E-state index contributed by atoms with van der Waals surface area (Å²) in [4.78, 5) is 0. The molecule has 1 aliphatic heterocycles. The SMILES string of the molecule is CC(C)(C)NCC(OC1CCOC1)c1ccc(Br)cc1. The van der Waals surface area contributed by atoms with Gasteiger partial charge >= 0.3 is 0 Å². The lowest BCUT2D eigenvalue weighted by Gasteiger charge is -2.27. The minimum atomic E-state index is 0.0639. The molecule has 3 nitrogen and oxygen atoms in total. The van der Waals surface area contributed by atoms with Gasteiger partial charge < -0.3 is 14.8 Å². The van der Waals surface area contributed by atoms with E-state index >= 15 is 0 Å². The van der Waals surface area contributed by atoms with Crippen molar-refractivity contribution in [3.63, 3.8) is 0 Å². The van der Waals surface area contributed by atoms with Gasteiger partial charge in [0, 0.05) is 23.2 Å². The minimum Gasteiger partial charge on any atom is -0.379 e. The summed E-state index contributed by atoms with van der Waals surface area (Å²) >= 11 is 3.48. The number of nitrogens with one attached hydrogen (secondary N) is 1. The smallest absolute Gasteiger partial charge is 0.0954 e. The van der Waals surface area contributed by atoms with E-state index in [4.69, 9.17) is 9.47 Å². The second-order valence-electron chi connectivity index (χ2n) is 6.29. The Hall–Kier alpha value is -0.420. The number of hydrogen-bond donors (Lipinski definition) is 1. The van der Waals surface area contributed by atoms with Crippen LogP contribution in [0.25, 0.3) is 0 Å². The molecule has 1 N–H and O–H groups in total. The highest BCUT2D eigenvalue weighted by Gasteiger charge is 2.23. The van der Waals surface area contributed by atoms with Crippen molar-refractivity contribution in [3.8, 4) is 0 Å². The number of rotatable bonds is 5. The van der Waals surface area contributed by atoms with Crippen molar-refractivity contribution in [2.75, 3.05) is 19.8 Å². The topological polar surface area (TPSA) is 30.5 Å². The largest absolute Gasteiger partial charge is 0.379 e. The maximum Gasteiger partial charge on any atom is 0.0954 e. The molecule has 0 aliphatic carbocycles. The molecule has 2 atom stereocenters. The van der Waals surface area contributed by atoms with Gasteiger partial charge in [-0.2, -0.15) is 0 Å². The molecule has 2 rings (SSSR count). The predicted octanol–water partition coefficient (Wildman–Crippen LogP) is 3.68. The Morgan fingerprint density at radius 3 is 2.60 bits per heavy atom. The summed E-state index contributed by atoms with van der Waals surface area (Å²) in [6, 6.07) is 8.37. The van der Waals surface area contributed by atoms with Crippen molar-refractivity contribution in [3.05, 3.63) is 34.3 Å². The molecule has 4 heteroatoms. The Labute approximate surface area is 130 Å². The van der Waals surface area contributed by atoms with Crippen molar-refractivity contribution in [2.24, 2.45) is 0 Å². The lowest BCUT2D eigenvalue weighted by atomic mass is 10.1. The molecule has 0 radical (unpaired) electrons. The van der Waals surface area contributed by atoms with Gasteiger partial charge in [-0.3, -0.25) is 0 Å². The second kappa shape index (κ2) is 7.03. The zero-order valence-electron chi connectivity index (χ0n) is 12.5. The van der Waals surface area contributed by atoms with E-state index in [-0.39, 0.29) is 17.7 Å². The van der Waals surface area contributed by atoms with Gasteiger partial charge in [0.05, 0.1) is 18.8 Å². The highest BCUT2D eigenvalue weighted by Crippen LogP contribution is 2.24.